The van der Waals surface area contributed by atoms with Gasteiger partial charge in [0.15, 0.2) is 11.5 Å². The van der Waals surface area contributed by atoms with Gasteiger partial charge in [0.1, 0.15) is 11.6 Å². The Morgan fingerprint density at radius 3 is 2.42 bits per heavy atom. The van der Waals surface area contributed by atoms with Crippen LogP contribution in [0.4, 0.5) is 4.39 Å². The van der Waals surface area contributed by atoms with Gasteiger partial charge < -0.3 is 4.74 Å². The van der Waals surface area contributed by atoms with E-state index in [0.717, 1.165) is 28.1 Å². The number of rotatable bonds is 4. The smallest absolute Gasteiger partial charge is 0.168 e. The summed E-state index contributed by atoms with van der Waals surface area (Å²) in [4.78, 5) is 0. The molecule has 0 saturated carbocycles. The summed E-state index contributed by atoms with van der Waals surface area (Å²) in [7, 11) is 0. The molecule has 0 amide bonds. The van der Waals surface area contributed by atoms with Crippen LogP contribution in [0.1, 0.15) is 13.8 Å². The van der Waals surface area contributed by atoms with E-state index >= 15 is 0 Å². The SMILES string of the molecule is CC(C)Oc1cccc(-c2ccc3nnc(-c4ccc(F)cc4)n3c2)c1. The molecule has 0 saturated heterocycles. The fourth-order valence-corrected chi connectivity index (χ4v) is 2.88. The molecule has 0 spiro atoms. The Kier molecular flexibility index (Phi) is 4.13. The third-order valence-corrected chi connectivity index (χ3v) is 4.04. The molecule has 4 rings (SSSR count). The van der Waals surface area contributed by atoms with Crippen LogP contribution in [-0.2, 0) is 0 Å². The van der Waals surface area contributed by atoms with E-state index in [0.29, 0.717) is 5.82 Å². The van der Waals surface area contributed by atoms with Crippen molar-refractivity contribution in [1.29, 1.82) is 0 Å². The lowest BCUT2D eigenvalue weighted by molar-refractivity contribution is 0.242. The Labute approximate surface area is 150 Å². The Hall–Kier alpha value is -3.21. The van der Waals surface area contributed by atoms with Crippen LogP contribution in [-0.4, -0.2) is 20.7 Å². The summed E-state index contributed by atoms with van der Waals surface area (Å²) in [6.45, 7) is 4.01. The van der Waals surface area contributed by atoms with Crippen LogP contribution >= 0.6 is 0 Å². The summed E-state index contributed by atoms with van der Waals surface area (Å²) in [5, 5.41) is 8.46. The van der Waals surface area contributed by atoms with Gasteiger partial charge in [-0.05, 0) is 73.5 Å². The van der Waals surface area contributed by atoms with Gasteiger partial charge in [0.25, 0.3) is 0 Å². The molecule has 0 fully saturated rings. The zero-order valence-electron chi connectivity index (χ0n) is 14.6. The number of fused-ring (bicyclic) bond motifs is 1. The molecule has 0 bridgehead atoms. The average Bonchev–Trinajstić information content (AvgIpc) is 3.05. The van der Waals surface area contributed by atoms with Gasteiger partial charge in [-0.25, -0.2) is 4.39 Å². The highest BCUT2D eigenvalue weighted by atomic mass is 19.1. The van der Waals surface area contributed by atoms with Gasteiger partial charge in [-0.1, -0.05) is 12.1 Å². The Morgan fingerprint density at radius 2 is 1.65 bits per heavy atom. The standard InChI is InChI=1S/C21H18FN3O/c1-14(2)26-19-5-3-4-16(12-19)17-8-11-20-23-24-21(25(20)13-17)15-6-9-18(22)10-7-15/h3-14H,1-2H3. The van der Waals surface area contributed by atoms with E-state index in [9.17, 15) is 4.39 Å². The van der Waals surface area contributed by atoms with E-state index < -0.39 is 0 Å². The van der Waals surface area contributed by atoms with E-state index in [4.69, 9.17) is 4.74 Å². The summed E-state index contributed by atoms with van der Waals surface area (Å²) in [5.74, 6) is 1.24. The van der Waals surface area contributed by atoms with Crippen LogP contribution in [0.25, 0.3) is 28.2 Å². The summed E-state index contributed by atoms with van der Waals surface area (Å²) >= 11 is 0. The largest absolute Gasteiger partial charge is 0.491 e. The van der Waals surface area contributed by atoms with Crippen molar-refractivity contribution >= 4 is 5.65 Å². The van der Waals surface area contributed by atoms with Crippen molar-refractivity contribution in [2.75, 3.05) is 0 Å². The van der Waals surface area contributed by atoms with Gasteiger partial charge in [0.2, 0.25) is 0 Å². The molecule has 4 aromatic rings. The summed E-state index contributed by atoms with van der Waals surface area (Å²) in [6, 6.07) is 18.2. The first-order valence-corrected chi connectivity index (χ1v) is 8.48. The Morgan fingerprint density at radius 1 is 0.885 bits per heavy atom. The number of hydrogen-bond acceptors (Lipinski definition) is 3. The average molecular weight is 347 g/mol. The molecule has 5 heteroatoms. The number of halogens is 1. The summed E-state index contributed by atoms with van der Waals surface area (Å²) in [6.07, 6.45) is 2.11. The quantitative estimate of drug-likeness (QED) is 0.522. The molecule has 0 aliphatic heterocycles. The normalized spacial score (nSPS) is 11.2. The summed E-state index contributed by atoms with van der Waals surface area (Å²) < 4.78 is 20.9. The minimum atomic E-state index is -0.273. The van der Waals surface area contributed by atoms with Crippen LogP contribution in [0.5, 0.6) is 5.75 Å². The highest BCUT2D eigenvalue weighted by Gasteiger charge is 2.10. The third kappa shape index (κ3) is 3.16. The lowest BCUT2D eigenvalue weighted by Gasteiger charge is -2.11. The molecule has 0 unspecified atom stereocenters. The maximum absolute atomic E-state index is 13.2. The van der Waals surface area contributed by atoms with Crippen molar-refractivity contribution in [1.82, 2.24) is 14.6 Å². The molecule has 0 N–H and O–H groups in total. The van der Waals surface area contributed by atoms with Gasteiger partial charge in [-0.2, -0.15) is 0 Å². The van der Waals surface area contributed by atoms with Crippen molar-refractivity contribution in [3.05, 3.63) is 72.7 Å². The zero-order valence-corrected chi connectivity index (χ0v) is 14.6. The first kappa shape index (κ1) is 16.3. The van der Waals surface area contributed by atoms with Crippen LogP contribution in [0, 0.1) is 5.82 Å². The predicted molar refractivity (Wildman–Crippen MR) is 99.6 cm³/mol. The zero-order chi connectivity index (χ0) is 18.1. The number of ether oxygens (including phenoxy) is 1. The number of nitrogens with zero attached hydrogens (tertiary/aromatic N) is 3. The molecule has 2 aromatic carbocycles. The van der Waals surface area contributed by atoms with Crippen molar-refractivity contribution in [2.24, 2.45) is 0 Å². The first-order chi connectivity index (χ1) is 12.6. The van der Waals surface area contributed by atoms with Crippen molar-refractivity contribution in [3.8, 4) is 28.3 Å². The Bertz CT molecular complexity index is 1050. The second kappa shape index (κ2) is 6.59. The second-order valence-corrected chi connectivity index (χ2v) is 6.37. The molecular weight excluding hydrogens is 329 g/mol. The molecule has 4 nitrogen and oxygen atoms in total. The van der Waals surface area contributed by atoms with Gasteiger partial charge in [0, 0.05) is 11.8 Å². The van der Waals surface area contributed by atoms with Gasteiger partial charge >= 0.3 is 0 Å². The molecular formula is C21H18FN3O. The highest BCUT2D eigenvalue weighted by molar-refractivity contribution is 5.68. The lowest BCUT2D eigenvalue weighted by atomic mass is 10.1. The molecule has 0 atom stereocenters. The molecule has 130 valence electrons. The maximum Gasteiger partial charge on any atom is 0.168 e. The lowest BCUT2D eigenvalue weighted by Crippen LogP contribution is -2.05. The minimum Gasteiger partial charge on any atom is -0.491 e. The predicted octanol–water partition coefficient (Wildman–Crippen LogP) is 4.99. The van der Waals surface area contributed by atoms with Crippen molar-refractivity contribution in [3.63, 3.8) is 0 Å². The monoisotopic (exact) mass is 347 g/mol. The molecule has 0 aliphatic rings. The fourth-order valence-electron chi connectivity index (χ4n) is 2.88. The fraction of sp³-hybridized carbons (Fsp3) is 0.143. The van der Waals surface area contributed by atoms with Gasteiger partial charge in [-0.3, -0.25) is 4.40 Å². The van der Waals surface area contributed by atoms with Crippen LogP contribution < -0.4 is 4.74 Å². The van der Waals surface area contributed by atoms with Crippen LogP contribution in [0.15, 0.2) is 66.9 Å². The van der Waals surface area contributed by atoms with Gasteiger partial charge in [0.05, 0.1) is 6.10 Å². The topological polar surface area (TPSA) is 39.4 Å². The molecule has 2 aromatic heterocycles. The van der Waals surface area contributed by atoms with Crippen molar-refractivity contribution in [2.45, 2.75) is 20.0 Å². The van der Waals surface area contributed by atoms with E-state index in [1.165, 1.54) is 12.1 Å². The van der Waals surface area contributed by atoms with E-state index in [1.807, 2.05) is 60.8 Å². The minimum absolute atomic E-state index is 0.121. The molecule has 0 radical (unpaired) electrons. The molecule has 2 heterocycles. The third-order valence-electron chi connectivity index (χ3n) is 4.04. The van der Waals surface area contributed by atoms with E-state index in [-0.39, 0.29) is 11.9 Å². The van der Waals surface area contributed by atoms with Gasteiger partial charge in [-0.15, -0.1) is 10.2 Å². The molecule has 26 heavy (non-hydrogen) atoms. The van der Waals surface area contributed by atoms with Crippen LogP contribution in [0.2, 0.25) is 0 Å². The van der Waals surface area contributed by atoms with Crippen LogP contribution in [0.3, 0.4) is 0 Å². The first-order valence-electron chi connectivity index (χ1n) is 8.48. The Balaban J connectivity index is 1.78. The number of benzene rings is 2. The number of hydrogen-bond donors (Lipinski definition) is 0. The highest BCUT2D eigenvalue weighted by Crippen LogP contribution is 2.26. The molecule has 0 aliphatic carbocycles. The summed E-state index contributed by atoms with van der Waals surface area (Å²) in [5.41, 5.74) is 3.62. The maximum atomic E-state index is 13.2. The van der Waals surface area contributed by atoms with Crippen molar-refractivity contribution < 1.29 is 9.13 Å². The van der Waals surface area contributed by atoms with E-state index in [2.05, 4.69) is 10.2 Å². The number of pyridine rings is 1. The number of aromatic nitrogens is 3. The second-order valence-electron chi connectivity index (χ2n) is 6.37. The van der Waals surface area contributed by atoms with E-state index in [1.54, 1.807) is 12.1 Å².